The predicted molar refractivity (Wildman–Crippen MR) is 64.2 cm³/mol. The van der Waals surface area contributed by atoms with Crippen molar-refractivity contribution in [3.63, 3.8) is 0 Å². The summed E-state index contributed by atoms with van der Waals surface area (Å²) in [4.78, 5) is 14.0. The Balaban J connectivity index is 2.68. The summed E-state index contributed by atoms with van der Waals surface area (Å²) >= 11 is 0. The number of nitrogens with zero attached hydrogens (tertiary/aromatic N) is 3. The Bertz CT molecular complexity index is 441. The van der Waals surface area contributed by atoms with E-state index in [2.05, 4.69) is 10.0 Å². The first-order chi connectivity index (χ1) is 8.67. The van der Waals surface area contributed by atoms with E-state index in [0.29, 0.717) is 18.6 Å². The van der Waals surface area contributed by atoms with Gasteiger partial charge in [0.1, 0.15) is 5.82 Å². The predicted octanol–water partition coefficient (Wildman–Crippen LogP) is 3.52. The van der Waals surface area contributed by atoms with E-state index in [4.69, 9.17) is 10.3 Å². The number of ether oxygens (including phenoxy) is 1. The quantitative estimate of drug-likeness (QED) is 0.335. The Morgan fingerprint density at radius 1 is 1.50 bits per heavy atom. The van der Waals surface area contributed by atoms with Gasteiger partial charge in [0.2, 0.25) is 0 Å². The lowest BCUT2D eigenvalue weighted by Gasteiger charge is -2.10. The van der Waals surface area contributed by atoms with Gasteiger partial charge in [-0.2, -0.15) is 0 Å². The number of hydrogen-bond acceptors (Lipinski definition) is 3. The second-order valence-electron chi connectivity index (χ2n) is 3.62. The van der Waals surface area contributed by atoms with E-state index >= 15 is 0 Å². The van der Waals surface area contributed by atoms with Gasteiger partial charge in [-0.05, 0) is 36.6 Å². The fourth-order valence-corrected chi connectivity index (χ4v) is 1.53. The molecule has 6 heteroatoms. The van der Waals surface area contributed by atoms with Crippen molar-refractivity contribution >= 4 is 5.97 Å². The third-order valence-corrected chi connectivity index (χ3v) is 2.37. The summed E-state index contributed by atoms with van der Waals surface area (Å²) < 4.78 is 17.6. The van der Waals surface area contributed by atoms with E-state index in [0.717, 1.165) is 0 Å². The summed E-state index contributed by atoms with van der Waals surface area (Å²) in [6.07, 6.45) is 0.503. The van der Waals surface area contributed by atoms with Crippen molar-refractivity contribution in [2.24, 2.45) is 5.11 Å². The maximum absolute atomic E-state index is 12.8. The largest absolute Gasteiger partial charge is 0.466 e. The van der Waals surface area contributed by atoms with Gasteiger partial charge in [0.25, 0.3) is 0 Å². The molecule has 0 radical (unpaired) electrons. The molecule has 0 saturated heterocycles. The molecule has 1 rings (SSSR count). The van der Waals surface area contributed by atoms with Crippen LogP contribution in [0, 0.1) is 5.82 Å². The Morgan fingerprint density at radius 3 is 2.72 bits per heavy atom. The number of azide groups is 1. The molecule has 0 N–H and O–H groups in total. The first-order valence-electron chi connectivity index (χ1n) is 5.62. The van der Waals surface area contributed by atoms with Crippen LogP contribution in [-0.2, 0) is 9.53 Å². The second kappa shape index (κ2) is 7.29. The highest BCUT2D eigenvalue weighted by Gasteiger charge is 2.12. The smallest absolute Gasteiger partial charge is 0.305 e. The highest BCUT2D eigenvalue weighted by atomic mass is 19.1. The summed E-state index contributed by atoms with van der Waals surface area (Å²) in [7, 11) is 0. The maximum atomic E-state index is 12.8. The number of hydrogen-bond donors (Lipinski definition) is 0. The van der Waals surface area contributed by atoms with Gasteiger partial charge in [0.05, 0.1) is 12.6 Å². The number of esters is 1. The first kappa shape index (κ1) is 14.0. The standard InChI is InChI=1S/C12H14FN3O2/c1-2-18-12(17)8-7-11(15-16-14)9-3-5-10(13)6-4-9/h3-6,11H,2,7-8H2,1H3. The zero-order valence-electron chi connectivity index (χ0n) is 10.0. The third kappa shape index (κ3) is 4.43. The SMILES string of the molecule is CCOC(=O)CCC(N=[N+]=[N-])c1ccc(F)cc1. The molecular formula is C12H14FN3O2. The van der Waals surface area contributed by atoms with Gasteiger partial charge in [-0.25, -0.2) is 4.39 Å². The van der Waals surface area contributed by atoms with Crippen LogP contribution in [-0.4, -0.2) is 12.6 Å². The molecule has 0 amide bonds. The minimum Gasteiger partial charge on any atom is -0.466 e. The molecule has 0 aromatic heterocycles. The van der Waals surface area contributed by atoms with Gasteiger partial charge in [0.15, 0.2) is 0 Å². The summed E-state index contributed by atoms with van der Waals surface area (Å²) in [6.45, 7) is 2.05. The lowest BCUT2D eigenvalue weighted by Crippen LogP contribution is -2.06. The van der Waals surface area contributed by atoms with E-state index in [1.165, 1.54) is 12.1 Å². The van der Waals surface area contributed by atoms with Crippen molar-refractivity contribution < 1.29 is 13.9 Å². The molecule has 1 unspecified atom stereocenters. The lowest BCUT2D eigenvalue weighted by molar-refractivity contribution is -0.143. The van der Waals surface area contributed by atoms with Crippen LogP contribution in [0.5, 0.6) is 0 Å². The molecule has 1 aromatic rings. The number of benzene rings is 1. The van der Waals surface area contributed by atoms with Crippen molar-refractivity contribution in [3.8, 4) is 0 Å². The molecular weight excluding hydrogens is 237 g/mol. The fourth-order valence-electron chi connectivity index (χ4n) is 1.53. The van der Waals surface area contributed by atoms with Crippen LogP contribution in [0.4, 0.5) is 4.39 Å². The topological polar surface area (TPSA) is 75.1 Å². The first-order valence-corrected chi connectivity index (χ1v) is 5.62. The highest BCUT2D eigenvalue weighted by Crippen LogP contribution is 2.23. The molecule has 5 nitrogen and oxygen atoms in total. The van der Waals surface area contributed by atoms with Gasteiger partial charge in [-0.15, -0.1) is 0 Å². The van der Waals surface area contributed by atoms with E-state index in [1.54, 1.807) is 19.1 Å². The van der Waals surface area contributed by atoms with Crippen molar-refractivity contribution in [1.29, 1.82) is 0 Å². The minimum absolute atomic E-state index is 0.162. The van der Waals surface area contributed by atoms with Crippen LogP contribution < -0.4 is 0 Å². The molecule has 0 fully saturated rings. The Hall–Kier alpha value is -2.07. The van der Waals surface area contributed by atoms with Crippen LogP contribution in [0.2, 0.25) is 0 Å². The van der Waals surface area contributed by atoms with Gasteiger partial charge < -0.3 is 4.74 Å². The molecule has 96 valence electrons. The van der Waals surface area contributed by atoms with E-state index in [-0.39, 0.29) is 18.2 Å². The molecule has 1 aromatic carbocycles. The van der Waals surface area contributed by atoms with E-state index < -0.39 is 6.04 Å². The molecule has 0 saturated carbocycles. The Morgan fingerprint density at radius 2 is 2.17 bits per heavy atom. The van der Waals surface area contributed by atoms with Crippen molar-refractivity contribution in [3.05, 3.63) is 46.1 Å². The summed E-state index contributed by atoms with van der Waals surface area (Å²) in [5.74, 6) is -0.693. The van der Waals surface area contributed by atoms with E-state index in [9.17, 15) is 9.18 Å². The molecule has 0 spiro atoms. The molecule has 0 bridgehead atoms. The van der Waals surface area contributed by atoms with Crippen LogP contribution >= 0.6 is 0 Å². The molecule has 0 aliphatic carbocycles. The summed E-state index contributed by atoms with van der Waals surface area (Å²) in [5, 5.41) is 3.61. The maximum Gasteiger partial charge on any atom is 0.305 e. The number of halogens is 1. The minimum atomic E-state index is -0.486. The summed E-state index contributed by atoms with van der Waals surface area (Å²) in [5.41, 5.74) is 9.17. The highest BCUT2D eigenvalue weighted by molar-refractivity contribution is 5.69. The van der Waals surface area contributed by atoms with Gasteiger partial charge >= 0.3 is 5.97 Å². The van der Waals surface area contributed by atoms with Crippen LogP contribution in [0.3, 0.4) is 0 Å². The second-order valence-corrected chi connectivity index (χ2v) is 3.62. The van der Waals surface area contributed by atoms with Crippen molar-refractivity contribution in [2.45, 2.75) is 25.8 Å². The van der Waals surface area contributed by atoms with Gasteiger partial charge in [-0.3, -0.25) is 4.79 Å². The zero-order valence-corrected chi connectivity index (χ0v) is 10.0. The Labute approximate surface area is 104 Å². The monoisotopic (exact) mass is 251 g/mol. The summed E-state index contributed by atoms with van der Waals surface area (Å²) in [6, 6.07) is 5.18. The third-order valence-electron chi connectivity index (χ3n) is 2.37. The van der Waals surface area contributed by atoms with Gasteiger partial charge in [-0.1, -0.05) is 17.2 Å². The van der Waals surface area contributed by atoms with Gasteiger partial charge in [0, 0.05) is 11.3 Å². The van der Waals surface area contributed by atoms with Crippen LogP contribution in [0.15, 0.2) is 29.4 Å². The van der Waals surface area contributed by atoms with Crippen molar-refractivity contribution in [2.75, 3.05) is 6.61 Å². The molecule has 0 heterocycles. The molecule has 18 heavy (non-hydrogen) atoms. The molecule has 0 aliphatic heterocycles. The number of carbonyl (C=O) groups is 1. The molecule has 0 aliphatic rings. The molecule has 1 atom stereocenters. The van der Waals surface area contributed by atoms with E-state index in [1.807, 2.05) is 0 Å². The Kier molecular flexibility index (Phi) is 5.67. The number of rotatable bonds is 6. The lowest BCUT2D eigenvalue weighted by atomic mass is 10.0. The fraction of sp³-hybridized carbons (Fsp3) is 0.417. The normalized spacial score (nSPS) is 11.4. The average molecular weight is 251 g/mol. The average Bonchev–Trinajstić information content (AvgIpc) is 2.36. The van der Waals surface area contributed by atoms with Crippen molar-refractivity contribution in [1.82, 2.24) is 0 Å². The number of carbonyl (C=O) groups excluding carboxylic acids is 1. The van der Waals surface area contributed by atoms with Crippen LogP contribution in [0.1, 0.15) is 31.4 Å². The van der Waals surface area contributed by atoms with Crippen LogP contribution in [0.25, 0.3) is 10.4 Å². The zero-order chi connectivity index (χ0) is 13.4.